The predicted molar refractivity (Wildman–Crippen MR) is 163 cm³/mol. The van der Waals surface area contributed by atoms with Crippen LogP contribution in [0.1, 0.15) is 114 Å². The summed E-state index contributed by atoms with van der Waals surface area (Å²) in [4.78, 5) is 7.13. The first-order valence-corrected chi connectivity index (χ1v) is 15.7. The van der Waals surface area contributed by atoms with E-state index < -0.39 is 0 Å². The quantitative estimate of drug-likeness (QED) is 0.427. The van der Waals surface area contributed by atoms with Gasteiger partial charge in [0.1, 0.15) is 0 Å². The second-order valence-corrected chi connectivity index (χ2v) is 15.4. The summed E-state index contributed by atoms with van der Waals surface area (Å²) in [5.41, 5.74) is 0.0808. The van der Waals surface area contributed by atoms with Crippen LogP contribution in [0.2, 0.25) is 0 Å². The summed E-state index contributed by atoms with van der Waals surface area (Å²) in [6.07, 6.45) is 9.98. The highest BCUT2D eigenvalue weighted by molar-refractivity contribution is 4.79. The molecule has 0 aromatic heterocycles. The van der Waals surface area contributed by atoms with Crippen molar-refractivity contribution < 1.29 is 15.3 Å². The molecule has 0 spiro atoms. The highest BCUT2D eigenvalue weighted by Crippen LogP contribution is 2.23. The van der Waals surface area contributed by atoms with Gasteiger partial charge in [-0.25, -0.2) is 0 Å². The summed E-state index contributed by atoms with van der Waals surface area (Å²) in [6.45, 7) is 28.5. The Hall–Kier alpha value is -0.240. The fourth-order valence-corrected chi connectivity index (χ4v) is 4.80. The van der Waals surface area contributed by atoms with Crippen molar-refractivity contribution in [2.24, 2.45) is 16.2 Å². The summed E-state index contributed by atoms with van der Waals surface area (Å²) >= 11 is 0. The Morgan fingerprint density at radius 3 is 0.763 bits per heavy atom. The van der Waals surface area contributed by atoms with E-state index in [-0.39, 0.29) is 34.6 Å². The van der Waals surface area contributed by atoms with E-state index in [1.807, 2.05) is 0 Å². The van der Waals surface area contributed by atoms with Crippen molar-refractivity contribution in [3.63, 3.8) is 0 Å². The summed E-state index contributed by atoms with van der Waals surface area (Å²) in [7, 11) is 0. The first-order chi connectivity index (χ1) is 17.5. The van der Waals surface area contributed by atoms with Crippen molar-refractivity contribution >= 4 is 0 Å². The minimum atomic E-state index is -0.189. The van der Waals surface area contributed by atoms with Gasteiger partial charge in [-0.2, -0.15) is 0 Å². The number of rotatable bonds is 6. The highest BCUT2D eigenvalue weighted by atomic mass is 16.3. The number of hydrogen-bond acceptors (Lipinski definition) is 6. The van der Waals surface area contributed by atoms with E-state index in [2.05, 4.69) is 77.0 Å². The maximum atomic E-state index is 9.90. The fraction of sp³-hybridized carbons (Fsp3) is 1.00. The van der Waals surface area contributed by atoms with E-state index >= 15 is 0 Å². The summed E-state index contributed by atoms with van der Waals surface area (Å²) in [5.74, 6) is 0. The first-order valence-electron chi connectivity index (χ1n) is 15.7. The standard InChI is InChI=1S/2C11H23NO.C10H21NO/c2*1-11(2,3)10(13)9-12-7-5-4-6-8-12;1-10(2,3)9(12)8-11-6-4-5-7-11/h2*10,13H,4-9H2,1-3H3;9,12H,4-8H2,1-3H3. The number of aliphatic hydroxyl groups excluding tert-OH is 3. The van der Waals surface area contributed by atoms with E-state index in [1.165, 1.54) is 90.6 Å². The van der Waals surface area contributed by atoms with Gasteiger partial charge in [-0.15, -0.1) is 0 Å². The number of aliphatic hydroxyl groups is 3. The average molecular weight is 542 g/mol. The second kappa shape index (κ2) is 16.9. The zero-order chi connectivity index (χ0) is 29.0. The first kappa shape index (κ1) is 35.8. The van der Waals surface area contributed by atoms with E-state index in [4.69, 9.17) is 0 Å². The molecule has 0 saturated carbocycles. The Morgan fingerprint density at radius 1 is 0.395 bits per heavy atom. The second-order valence-electron chi connectivity index (χ2n) is 15.4. The lowest BCUT2D eigenvalue weighted by Gasteiger charge is -2.33. The third kappa shape index (κ3) is 15.5. The van der Waals surface area contributed by atoms with Gasteiger partial charge in [-0.3, -0.25) is 0 Å². The molecule has 3 unspecified atom stereocenters. The SMILES string of the molecule is CC(C)(C)C(O)CN1CCCC1.CC(C)(C)C(O)CN1CCCCC1.CC(C)(C)C(O)CN1CCCCC1. The Balaban J connectivity index is 0.000000285. The van der Waals surface area contributed by atoms with E-state index in [9.17, 15) is 15.3 Å². The maximum Gasteiger partial charge on any atom is 0.0715 e. The number of nitrogens with zero attached hydrogens (tertiary/aromatic N) is 3. The topological polar surface area (TPSA) is 70.4 Å². The van der Waals surface area contributed by atoms with Gasteiger partial charge in [0.2, 0.25) is 0 Å². The summed E-state index contributed by atoms with van der Waals surface area (Å²) < 4.78 is 0. The van der Waals surface area contributed by atoms with Crippen molar-refractivity contribution in [1.29, 1.82) is 0 Å². The van der Waals surface area contributed by atoms with Crippen LogP contribution in [0.15, 0.2) is 0 Å². The minimum Gasteiger partial charge on any atom is -0.391 e. The molecule has 3 rings (SSSR count). The van der Waals surface area contributed by atoms with Gasteiger partial charge in [-0.1, -0.05) is 75.2 Å². The van der Waals surface area contributed by atoms with E-state index in [1.54, 1.807) is 0 Å². The molecule has 0 aromatic rings. The molecule has 3 aliphatic rings. The molecule has 3 aliphatic heterocycles. The van der Waals surface area contributed by atoms with Crippen molar-refractivity contribution in [3.05, 3.63) is 0 Å². The van der Waals surface area contributed by atoms with E-state index in [0.29, 0.717) is 0 Å². The molecule has 0 radical (unpaired) electrons. The highest BCUT2D eigenvalue weighted by Gasteiger charge is 2.27. The maximum absolute atomic E-state index is 9.90. The normalized spacial score (nSPS) is 23.1. The van der Waals surface area contributed by atoms with Crippen molar-refractivity contribution in [1.82, 2.24) is 14.7 Å². The molecule has 228 valence electrons. The molecule has 6 heteroatoms. The van der Waals surface area contributed by atoms with Gasteiger partial charge in [0, 0.05) is 19.6 Å². The van der Waals surface area contributed by atoms with Gasteiger partial charge in [-0.05, 0) is 94.0 Å². The Labute approximate surface area is 237 Å². The van der Waals surface area contributed by atoms with Crippen LogP contribution in [0.5, 0.6) is 0 Å². The van der Waals surface area contributed by atoms with Gasteiger partial charge < -0.3 is 30.0 Å². The fourth-order valence-electron chi connectivity index (χ4n) is 4.80. The molecule has 3 heterocycles. The molecule has 0 bridgehead atoms. The molecule has 38 heavy (non-hydrogen) atoms. The van der Waals surface area contributed by atoms with Gasteiger partial charge >= 0.3 is 0 Å². The Kier molecular flexibility index (Phi) is 15.9. The molecular formula is C32H67N3O3. The van der Waals surface area contributed by atoms with Gasteiger partial charge in [0.05, 0.1) is 18.3 Å². The van der Waals surface area contributed by atoms with Gasteiger partial charge in [0.15, 0.2) is 0 Å². The number of hydrogen-bond donors (Lipinski definition) is 3. The molecule has 3 atom stereocenters. The Morgan fingerprint density at radius 2 is 0.579 bits per heavy atom. The van der Waals surface area contributed by atoms with Crippen LogP contribution in [-0.4, -0.2) is 107 Å². The molecule has 0 aliphatic carbocycles. The van der Waals surface area contributed by atoms with Crippen LogP contribution in [0.25, 0.3) is 0 Å². The molecule has 0 amide bonds. The lowest BCUT2D eigenvalue weighted by molar-refractivity contribution is 0.0235. The van der Waals surface area contributed by atoms with Crippen molar-refractivity contribution in [2.75, 3.05) is 58.9 Å². The van der Waals surface area contributed by atoms with Gasteiger partial charge in [0.25, 0.3) is 0 Å². The van der Waals surface area contributed by atoms with Crippen LogP contribution >= 0.6 is 0 Å². The van der Waals surface area contributed by atoms with Crippen LogP contribution in [-0.2, 0) is 0 Å². The minimum absolute atomic E-state index is 0.0252. The molecule has 6 nitrogen and oxygen atoms in total. The monoisotopic (exact) mass is 542 g/mol. The van der Waals surface area contributed by atoms with Crippen molar-refractivity contribution in [2.45, 2.75) is 132 Å². The lowest BCUT2D eigenvalue weighted by atomic mass is 9.88. The molecule has 0 aromatic carbocycles. The predicted octanol–water partition coefficient (Wildman–Crippen LogP) is 5.25. The van der Waals surface area contributed by atoms with Crippen molar-refractivity contribution in [3.8, 4) is 0 Å². The molecular weight excluding hydrogens is 474 g/mol. The third-order valence-electron chi connectivity index (χ3n) is 8.39. The zero-order valence-corrected chi connectivity index (χ0v) is 26.9. The lowest BCUT2D eigenvalue weighted by Crippen LogP contribution is -2.41. The average Bonchev–Trinajstić information content (AvgIpc) is 3.32. The molecule has 3 saturated heterocycles. The molecule has 3 fully saturated rings. The van der Waals surface area contributed by atoms with Crippen LogP contribution in [0, 0.1) is 16.2 Å². The third-order valence-corrected chi connectivity index (χ3v) is 8.39. The zero-order valence-electron chi connectivity index (χ0n) is 26.9. The largest absolute Gasteiger partial charge is 0.391 e. The molecule has 3 N–H and O–H groups in total. The summed E-state index contributed by atoms with van der Waals surface area (Å²) in [6, 6.07) is 0. The van der Waals surface area contributed by atoms with Crippen LogP contribution in [0.4, 0.5) is 0 Å². The number of β-amino-alcohol motifs (C(OH)–C–C–N with tert-alkyl or cyclic N) is 3. The Bertz CT molecular complexity index is 555. The number of piperidine rings is 2. The van der Waals surface area contributed by atoms with Crippen LogP contribution < -0.4 is 0 Å². The summed E-state index contributed by atoms with van der Waals surface area (Å²) in [5, 5.41) is 29.6. The van der Waals surface area contributed by atoms with E-state index in [0.717, 1.165) is 19.6 Å². The smallest absolute Gasteiger partial charge is 0.0715 e. The van der Waals surface area contributed by atoms with Crippen LogP contribution in [0.3, 0.4) is 0 Å². The number of likely N-dealkylation sites (tertiary alicyclic amines) is 3.